The first-order valence-electron chi connectivity index (χ1n) is 7.80. The van der Waals surface area contributed by atoms with Crippen LogP contribution < -0.4 is 10.6 Å². The molecule has 1 amide bonds. The highest BCUT2D eigenvalue weighted by Crippen LogP contribution is 2.12. The van der Waals surface area contributed by atoms with Gasteiger partial charge in [0, 0.05) is 18.8 Å². The average molecular weight is 298 g/mol. The minimum Gasteiger partial charge on any atom is -0.348 e. The van der Waals surface area contributed by atoms with Crippen molar-refractivity contribution in [2.24, 2.45) is 5.92 Å². The van der Waals surface area contributed by atoms with Crippen molar-refractivity contribution >= 4 is 5.91 Å². The van der Waals surface area contributed by atoms with Gasteiger partial charge < -0.3 is 10.6 Å². The van der Waals surface area contributed by atoms with Crippen molar-refractivity contribution in [2.75, 3.05) is 13.1 Å². The van der Waals surface area contributed by atoms with Crippen molar-refractivity contribution in [3.05, 3.63) is 53.9 Å². The first-order chi connectivity index (χ1) is 10.7. The molecule has 5 heteroatoms. The number of nitrogens with zero attached hydrogens (tertiary/aromatic N) is 2. The van der Waals surface area contributed by atoms with E-state index < -0.39 is 0 Å². The van der Waals surface area contributed by atoms with Crippen LogP contribution in [0.3, 0.4) is 0 Å². The molecule has 0 bridgehead atoms. The van der Waals surface area contributed by atoms with E-state index in [1.807, 2.05) is 24.4 Å². The third-order valence-corrected chi connectivity index (χ3v) is 4.23. The number of nitrogens with one attached hydrogen (secondary N) is 2. The standard InChI is InChI=1S/C17H22N4O/c1-13-7-8-18-10-16(13)20-17(22)15-9-19-21(12-15)11-14-5-3-2-4-6-14/h2-6,9,12-13,16,18H,7-8,10-11H2,1H3,(H,20,22). The van der Waals surface area contributed by atoms with E-state index >= 15 is 0 Å². The van der Waals surface area contributed by atoms with E-state index in [1.54, 1.807) is 10.9 Å². The largest absolute Gasteiger partial charge is 0.348 e. The Morgan fingerprint density at radius 3 is 3.00 bits per heavy atom. The van der Waals surface area contributed by atoms with Crippen LogP contribution in [0.5, 0.6) is 0 Å². The molecule has 2 heterocycles. The normalized spacial score (nSPS) is 21.5. The van der Waals surface area contributed by atoms with Gasteiger partial charge in [-0.2, -0.15) is 5.10 Å². The first kappa shape index (κ1) is 14.8. The van der Waals surface area contributed by atoms with Gasteiger partial charge in [-0.25, -0.2) is 0 Å². The highest BCUT2D eigenvalue weighted by molar-refractivity contribution is 5.93. The Bertz CT molecular complexity index is 623. The van der Waals surface area contributed by atoms with Crippen LogP contribution in [-0.2, 0) is 6.54 Å². The molecule has 2 unspecified atom stereocenters. The average Bonchev–Trinajstić information content (AvgIpc) is 2.99. The zero-order valence-corrected chi connectivity index (χ0v) is 12.8. The fraction of sp³-hybridized carbons (Fsp3) is 0.412. The van der Waals surface area contributed by atoms with Crippen molar-refractivity contribution in [2.45, 2.75) is 25.9 Å². The maximum absolute atomic E-state index is 12.3. The van der Waals surface area contributed by atoms with Crippen molar-refractivity contribution in [3.8, 4) is 0 Å². The predicted molar refractivity (Wildman–Crippen MR) is 85.7 cm³/mol. The summed E-state index contributed by atoms with van der Waals surface area (Å²) >= 11 is 0. The van der Waals surface area contributed by atoms with Crippen LogP contribution in [0.4, 0.5) is 0 Å². The molecule has 3 rings (SSSR count). The Labute approximate surface area is 130 Å². The molecule has 2 atom stereocenters. The SMILES string of the molecule is CC1CCNCC1NC(=O)c1cnn(Cc2ccccc2)c1. The summed E-state index contributed by atoms with van der Waals surface area (Å²) in [5, 5.41) is 10.7. The Morgan fingerprint density at radius 1 is 1.41 bits per heavy atom. The number of benzene rings is 1. The van der Waals surface area contributed by atoms with Crippen LogP contribution in [0.15, 0.2) is 42.7 Å². The zero-order valence-electron chi connectivity index (χ0n) is 12.8. The molecule has 1 aliphatic heterocycles. The number of hydrogen-bond acceptors (Lipinski definition) is 3. The molecule has 5 nitrogen and oxygen atoms in total. The van der Waals surface area contributed by atoms with Gasteiger partial charge in [-0.15, -0.1) is 0 Å². The molecular formula is C17H22N4O. The number of piperidine rings is 1. The van der Waals surface area contributed by atoms with E-state index in [1.165, 1.54) is 5.56 Å². The summed E-state index contributed by atoms with van der Waals surface area (Å²) in [4.78, 5) is 12.3. The lowest BCUT2D eigenvalue weighted by molar-refractivity contribution is 0.0915. The van der Waals surface area contributed by atoms with E-state index in [2.05, 4.69) is 34.8 Å². The highest BCUT2D eigenvalue weighted by atomic mass is 16.1. The van der Waals surface area contributed by atoms with Crippen molar-refractivity contribution in [1.29, 1.82) is 0 Å². The van der Waals surface area contributed by atoms with Crippen LogP contribution >= 0.6 is 0 Å². The van der Waals surface area contributed by atoms with Crippen molar-refractivity contribution in [3.63, 3.8) is 0 Å². The summed E-state index contributed by atoms with van der Waals surface area (Å²) in [6.07, 6.45) is 4.54. The number of hydrogen-bond donors (Lipinski definition) is 2. The fourth-order valence-electron chi connectivity index (χ4n) is 2.77. The smallest absolute Gasteiger partial charge is 0.254 e. The first-order valence-corrected chi connectivity index (χ1v) is 7.80. The molecule has 1 fully saturated rings. The lowest BCUT2D eigenvalue weighted by Gasteiger charge is -2.30. The Hall–Kier alpha value is -2.14. The number of carbonyl (C=O) groups excluding carboxylic acids is 1. The van der Waals surface area contributed by atoms with Gasteiger partial charge in [0.05, 0.1) is 18.3 Å². The summed E-state index contributed by atoms with van der Waals surface area (Å²) in [6.45, 7) is 4.73. The maximum atomic E-state index is 12.3. The lowest BCUT2D eigenvalue weighted by atomic mass is 9.94. The molecule has 22 heavy (non-hydrogen) atoms. The molecule has 1 saturated heterocycles. The summed E-state index contributed by atoms with van der Waals surface area (Å²) in [7, 11) is 0. The topological polar surface area (TPSA) is 58.9 Å². The van der Waals surface area contributed by atoms with Gasteiger partial charge in [0.2, 0.25) is 0 Å². The van der Waals surface area contributed by atoms with Crippen LogP contribution in [0.25, 0.3) is 0 Å². The third kappa shape index (κ3) is 3.54. The maximum Gasteiger partial charge on any atom is 0.254 e. The molecule has 0 saturated carbocycles. The summed E-state index contributed by atoms with van der Waals surface area (Å²) in [6, 6.07) is 10.3. The van der Waals surface area contributed by atoms with E-state index in [9.17, 15) is 4.79 Å². The van der Waals surface area contributed by atoms with Gasteiger partial charge in [0.15, 0.2) is 0 Å². The van der Waals surface area contributed by atoms with Crippen molar-refractivity contribution < 1.29 is 4.79 Å². The number of carbonyl (C=O) groups is 1. The number of rotatable bonds is 4. The quantitative estimate of drug-likeness (QED) is 0.902. The van der Waals surface area contributed by atoms with E-state index in [-0.39, 0.29) is 11.9 Å². The molecule has 0 radical (unpaired) electrons. The molecule has 0 spiro atoms. The zero-order chi connectivity index (χ0) is 15.4. The second kappa shape index (κ2) is 6.75. The summed E-state index contributed by atoms with van der Waals surface area (Å²) in [5.74, 6) is 0.462. The van der Waals surface area contributed by atoms with Crippen LogP contribution in [0.1, 0.15) is 29.3 Å². The molecule has 0 aliphatic carbocycles. The van der Waals surface area contributed by atoms with E-state index in [0.29, 0.717) is 18.0 Å². The molecule has 1 aromatic carbocycles. The van der Waals surface area contributed by atoms with Gasteiger partial charge in [0.1, 0.15) is 0 Å². The van der Waals surface area contributed by atoms with Gasteiger partial charge in [-0.3, -0.25) is 9.48 Å². The van der Waals surface area contributed by atoms with Gasteiger partial charge in [0.25, 0.3) is 5.91 Å². The molecule has 116 valence electrons. The molecule has 2 N–H and O–H groups in total. The van der Waals surface area contributed by atoms with E-state index in [0.717, 1.165) is 19.5 Å². The van der Waals surface area contributed by atoms with E-state index in [4.69, 9.17) is 0 Å². The molecule has 1 aliphatic rings. The molecule has 1 aromatic heterocycles. The minimum atomic E-state index is -0.0418. The van der Waals surface area contributed by atoms with Gasteiger partial charge in [-0.1, -0.05) is 37.3 Å². The van der Waals surface area contributed by atoms with Gasteiger partial charge in [-0.05, 0) is 24.4 Å². The van der Waals surface area contributed by atoms with Crippen LogP contribution in [0, 0.1) is 5.92 Å². The Morgan fingerprint density at radius 2 is 2.23 bits per heavy atom. The highest BCUT2D eigenvalue weighted by Gasteiger charge is 2.23. The Kier molecular flexibility index (Phi) is 4.53. The fourth-order valence-corrected chi connectivity index (χ4v) is 2.77. The third-order valence-electron chi connectivity index (χ3n) is 4.23. The Balaban J connectivity index is 1.61. The second-order valence-electron chi connectivity index (χ2n) is 5.96. The predicted octanol–water partition coefficient (Wildman–Crippen LogP) is 1.66. The second-order valence-corrected chi connectivity index (χ2v) is 5.96. The lowest BCUT2D eigenvalue weighted by Crippen LogP contribution is -2.50. The van der Waals surface area contributed by atoms with Gasteiger partial charge >= 0.3 is 0 Å². The monoisotopic (exact) mass is 298 g/mol. The van der Waals surface area contributed by atoms with Crippen LogP contribution in [-0.4, -0.2) is 34.8 Å². The van der Waals surface area contributed by atoms with Crippen molar-refractivity contribution in [1.82, 2.24) is 20.4 Å². The number of aromatic nitrogens is 2. The molecular weight excluding hydrogens is 276 g/mol. The summed E-state index contributed by atoms with van der Waals surface area (Å²) in [5.41, 5.74) is 1.79. The number of amides is 1. The summed E-state index contributed by atoms with van der Waals surface area (Å²) < 4.78 is 1.80. The van der Waals surface area contributed by atoms with Crippen LogP contribution in [0.2, 0.25) is 0 Å². The minimum absolute atomic E-state index is 0.0418. The molecule has 2 aromatic rings.